The maximum absolute atomic E-state index is 9.90. The molecule has 4 nitrogen and oxygen atoms in total. The SMILES string of the molecule is CC1(CC2OCC(O)C(O)C2O)SCCCS1. The maximum Gasteiger partial charge on any atom is 0.111 e. The van der Waals surface area contributed by atoms with Gasteiger partial charge in [-0.2, -0.15) is 0 Å². The first kappa shape index (κ1) is 14.0. The molecule has 0 bridgehead atoms. The Morgan fingerprint density at radius 1 is 1.18 bits per heavy atom. The predicted octanol–water partition coefficient (Wildman–Crippen LogP) is 0.444. The zero-order chi connectivity index (χ0) is 12.5. The molecule has 0 radical (unpaired) electrons. The highest BCUT2D eigenvalue weighted by atomic mass is 32.2. The number of hydrogen-bond acceptors (Lipinski definition) is 6. The second-order valence-corrected chi connectivity index (χ2v) is 8.26. The van der Waals surface area contributed by atoms with Gasteiger partial charge in [0.25, 0.3) is 0 Å². The smallest absolute Gasteiger partial charge is 0.111 e. The fourth-order valence-corrected chi connectivity index (χ4v) is 5.23. The summed E-state index contributed by atoms with van der Waals surface area (Å²) in [6, 6.07) is 0. The van der Waals surface area contributed by atoms with Gasteiger partial charge >= 0.3 is 0 Å². The molecular formula is C11H20O4S2. The van der Waals surface area contributed by atoms with Crippen molar-refractivity contribution in [3.63, 3.8) is 0 Å². The molecule has 2 saturated heterocycles. The summed E-state index contributed by atoms with van der Waals surface area (Å²) >= 11 is 3.78. The Kier molecular flexibility index (Phi) is 4.66. The van der Waals surface area contributed by atoms with E-state index in [9.17, 15) is 15.3 Å². The van der Waals surface area contributed by atoms with E-state index < -0.39 is 18.3 Å². The largest absolute Gasteiger partial charge is 0.388 e. The Morgan fingerprint density at radius 2 is 1.82 bits per heavy atom. The molecule has 0 aromatic carbocycles. The topological polar surface area (TPSA) is 69.9 Å². The minimum atomic E-state index is -1.09. The fraction of sp³-hybridized carbons (Fsp3) is 1.00. The van der Waals surface area contributed by atoms with E-state index in [4.69, 9.17) is 4.74 Å². The van der Waals surface area contributed by atoms with E-state index in [-0.39, 0.29) is 16.8 Å². The summed E-state index contributed by atoms with van der Waals surface area (Å²) in [6.07, 6.45) is -1.50. The predicted molar refractivity (Wildman–Crippen MR) is 70.3 cm³/mol. The molecule has 2 fully saturated rings. The first-order valence-corrected chi connectivity index (χ1v) is 7.93. The van der Waals surface area contributed by atoms with Crippen LogP contribution in [0.5, 0.6) is 0 Å². The van der Waals surface area contributed by atoms with Crippen LogP contribution in [0.3, 0.4) is 0 Å². The van der Waals surface area contributed by atoms with Gasteiger partial charge in [0.15, 0.2) is 0 Å². The third-order valence-electron chi connectivity index (χ3n) is 3.28. The van der Waals surface area contributed by atoms with Crippen LogP contribution in [-0.2, 0) is 4.74 Å². The molecule has 0 saturated carbocycles. The highest BCUT2D eigenvalue weighted by Crippen LogP contribution is 2.46. The third kappa shape index (κ3) is 3.30. The van der Waals surface area contributed by atoms with Gasteiger partial charge < -0.3 is 20.1 Å². The van der Waals surface area contributed by atoms with E-state index in [2.05, 4.69) is 6.92 Å². The van der Waals surface area contributed by atoms with E-state index in [1.54, 1.807) is 0 Å². The fourth-order valence-electron chi connectivity index (χ4n) is 2.21. The number of ether oxygens (including phenoxy) is 1. The number of thioether (sulfide) groups is 2. The molecule has 2 aliphatic heterocycles. The van der Waals surface area contributed by atoms with Crippen LogP contribution in [-0.4, -0.2) is 61.9 Å². The summed E-state index contributed by atoms with van der Waals surface area (Å²) in [5, 5.41) is 28.9. The van der Waals surface area contributed by atoms with E-state index in [1.807, 2.05) is 23.5 Å². The molecule has 4 atom stereocenters. The molecule has 0 amide bonds. The zero-order valence-electron chi connectivity index (χ0n) is 9.91. The van der Waals surface area contributed by atoms with Crippen LogP contribution >= 0.6 is 23.5 Å². The Balaban J connectivity index is 1.94. The summed E-state index contributed by atoms with van der Waals surface area (Å²) in [7, 11) is 0. The first-order chi connectivity index (χ1) is 8.02. The van der Waals surface area contributed by atoms with Crippen molar-refractivity contribution in [1.29, 1.82) is 0 Å². The number of rotatable bonds is 2. The monoisotopic (exact) mass is 280 g/mol. The summed E-state index contributed by atoms with van der Waals surface area (Å²) in [5.41, 5.74) is 0. The van der Waals surface area contributed by atoms with Gasteiger partial charge in [-0.1, -0.05) is 0 Å². The van der Waals surface area contributed by atoms with Crippen LogP contribution in [0, 0.1) is 0 Å². The van der Waals surface area contributed by atoms with Gasteiger partial charge in [0.1, 0.15) is 18.3 Å². The van der Waals surface area contributed by atoms with Crippen molar-refractivity contribution in [2.75, 3.05) is 18.1 Å². The van der Waals surface area contributed by atoms with Gasteiger partial charge in [-0.15, -0.1) is 23.5 Å². The Labute approximate surface area is 110 Å². The van der Waals surface area contributed by atoms with Gasteiger partial charge in [0.05, 0.1) is 16.8 Å². The van der Waals surface area contributed by atoms with E-state index >= 15 is 0 Å². The van der Waals surface area contributed by atoms with Crippen LogP contribution < -0.4 is 0 Å². The van der Waals surface area contributed by atoms with Crippen molar-refractivity contribution in [3.8, 4) is 0 Å². The standard InChI is InChI=1S/C11H20O4S2/c1-11(16-3-2-4-17-11)5-8-10(14)9(13)7(12)6-15-8/h7-10,12-14H,2-6H2,1H3. The molecule has 100 valence electrons. The molecule has 0 spiro atoms. The van der Waals surface area contributed by atoms with Crippen LogP contribution in [0.15, 0.2) is 0 Å². The lowest BCUT2D eigenvalue weighted by Gasteiger charge is -2.41. The van der Waals surface area contributed by atoms with Crippen molar-refractivity contribution in [2.45, 2.75) is 48.3 Å². The molecule has 2 heterocycles. The van der Waals surface area contributed by atoms with Gasteiger partial charge in [-0.05, 0) is 31.3 Å². The Morgan fingerprint density at radius 3 is 2.47 bits per heavy atom. The lowest BCUT2D eigenvalue weighted by Crippen LogP contribution is -2.54. The average Bonchev–Trinajstić information content (AvgIpc) is 2.31. The van der Waals surface area contributed by atoms with Crippen molar-refractivity contribution in [1.82, 2.24) is 0 Å². The summed E-state index contributed by atoms with van der Waals surface area (Å²) in [5.74, 6) is 2.27. The molecule has 3 N–H and O–H groups in total. The van der Waals surface area contributed by atoms with Crippen molar-refractivity contribution in [2.24, 2.45) is 0 Å². The van der Waals surface area contributed by atoms with Gasteiger partial charge in [-0.3, -0.25) is 0 Å². The minimum Gasteiger partial charge on any atom is -0.388 e. The van der Waals surface area contributed by atoms with Crippen molar-refractivity contribution < 1.29 is 20.1 Å². The Hall–Kier alpha value is 0.540. The van der Waals surface area contributed by atoms with Crippen molar-refractivity contribution in [3.05, 3.63) is 0 Å². The first-order valence-electron chi connectivity index (χ1n) is 5.95. The van der Waals surface area contributed by atoms with E-state index in [0.29, 0.717) is 6.42 Å². The van der Waals surface area contributed by atoms with Crippen LogP contribution in [0.25, 0.3) is 0 Å². The summed E-state index contributed by atoms with van der Waals surface area (Å²) in [6.45, 7) is 2.27. The second kappa shape index (κ2) is 5.67. The average molecular weight is 280 g/mol. The van der Waals surface area contributed by atoms with E-state index in [0.717, 1.165) is 11.5 Å². The number of hydrogen-bond donors (Lipinski definition) is 3. The molecule has 2 rings (SSSR count). The van der Waals surface area contributed by atoms with Crippen molar-refractivity contribution >= 4 is 23.5 Å². The lowest BCUT2D eigenvalue weighted by atomic mass is 9.97. The molecule has 2 aliphatic rings. The quantitative estimate of drug-likeness (QED) is 0.682. The molecule has 0 aliphatic carbocycles. The number of aliphatic hydroxyl groups excluding tert-OH is 3. The molecule has 0 aromatic heterocycles. The van der Waals surface area contributed by atoms with Crippen LogP contribution in [0.1, 0.15) is 19.8 Å². The van der Waals surface area contributed by atoms with Crippen LogP contribution in [0.2, 0.25) is 0 Å². The maximum atomic E-state index is 9.90. The zero-order valence-corrected chi connectivity index (χ0v) is 11.5. The molecule has 17 heavy (non-hydrogen) atoms. The molecule has 6 heteroatoms. The molecule has 0 aromatic rings. The Bertz CT molecular complexity index is 258. The second-order valence-electron chi connectivity index (χ2n) is 4.81. The number of aliphatic hydroxyl groups is 3. The summed E-state index contributed by atoms with van der Waals surface area (Å²) in [4.78, 5) is 0. The molecule has 4 unspecified atom stereocenters. The van der Waals surface area contributed by atoms with Crippen LogP contribution in [0.4, 0.5) is 0 Å². The minimum absolute atomic E-state index is 0.0475. The molecular weight excluding hydrogens is 260 g/mol. The summed E-state index contributed by atoms with van der Waals surface area (Å²) < 4.78 is 5.50. The van der Waals surface area contributed by atoms with Gasteiger partial charge in [-0.25, -0.2) is 0 Å². The highest BCUT2D eigenvalue weighted by molar-refractivity contribution is 8.18. The third-order valence-corrected chi connectivity index (χ3v) is 6.53. The van der Waals surface area contributed by atoms with Gasteiger partial charge in [0.2, 0.25) is 0 Å². The normalized spacial score (nSPS) is 42.4. The highest BCUT2D eigenvalue weighted by Gasteiger charge is 2.42. The van der Waals surface area contributed by atoms with E-state index in [1.165, 1.54) is 6.42 Å². The van der Waals surface area contributed by atoms with Gasteiger partial charge in [0, 0.05) is 0 Å². The lowest BCUT2D eigenvalue weighted by molar-refractivity contribution is -0.188.